The number of rotatable bonds is 4. The number of carboxylic acids is 1. The van der Waals surface area contributed by atoms with Gasteiger partial charge in [-0.05, 0) is 30.5 Å². The van der Waals surface area contributed by atoms with Crippen molar-refractivity contribution >= 4 is 5.97 Å². The van der Waals surface area contributed by atoms with Crippen LogP contribution in [0.4, 0.5) is 0 Å². The average Bonchev–Trinajstić information content (AvgIpc) is 2.45. The monoisotopic (exact) mass is 296 g/mol. The molecule has 0 spiro atoms. The summed E-state index contributed by atoms with van der Waals surface area (Å²) in [5.41, 5.74) is 2.01. The third-order valence-electron chi connectivity index (χ3n) is 3.59. The molecular weight excluding hydrogens is 276 g/mol. The Bertz CT molecular complexity index is 515. The number of hydrogen-bond donors (Lipinski definition) is 3. The molecule has 0 saturated carbocycles. The Labute approximate surface area is 122 Å². The van der Waals surface area contributed by atoms with E-state index in [0.717, 1.165) is 17.5 Å². The molecule has 0 aliphatic carbocycles. The van der Waals surface area contributed by atoms with Crippen molar-refractivity contribution in [2.24, 2.45) is 0 Å². The van der Waals surface area contributed by atoms with Crippen LogP contribution in [0.3, 0.4) is 0 Å². The summed E-state index contributed by atoms with van der Waals surface area (Å²) in [4.78, 5) is 11.0. The van der Waals surface area contributed by atoms with Crippen LogP contribution in [-0.4, -0.2) is 45.9 Å². The normalized spacial score (nSPS) is 29.1. The largest absolute Gasteiger partial charge is 0.479 e. The predicted octanol–water partition coefficient (Wildman–Crippen LogP) is 0.858. The first-order chi connectivity index (χ1) is 9.92. The van der Waals surface area contributed by atoms with Crippen LogP contribution in [0.15, 0.2) is 18.2 Å². The summed E-state index contributed by atoms with van der Waals surface area (Å²) in [5, 5.41) is 28.6. The highest BCUT2D eigenvalue weighted by atomic mass is 16.7. The van der Waals surface area contributed by atoms with Crippen molar-refractivity contribution in [2.45, 2.75) is 51.3 Å². The smallest absolute Gasteiger partial charge is 0.333 e. The van der Waals surface area contributed by atoms with Gasteiger partial charge in [-0.25, -0.2) is 4.79 Å². The molecule has 1 aromatic rings. The molecule has 1 saturated heterocycles. The molecule has 3 unspecified atom stereocenters. The second kappa shape index (κ2) is 6.43. The van der Waals surface area contributed by atoms with Crippen LogP contribution in [-0.2, 0) is 16.0 Å². The van der Waals surface area contributed by atoms with Gasteiger partial charge in [-0.3, -0.25) is 0 Å². The quantitative estimate of drug-likeness (QED) is 0.762. The van der Waals surface area contributed by atoms with Gasteiger partial charge in [0.1, 0.15) is 11.9 Å². The maximum atomic E-state index is 11.0. The number of hydrogen-bond acceptors (Lipinski definition) is 5. The fraction of sp³-hybridized carbons (Fsp3) is 0.533. The van der Waals surface area contributed by atoms with Crippen molar-refractivity contribution < 1.29 is 29.6 Å². The third kappa shape index (κ3) is 3.53. The van der Waals surface area contributed by atoms with E-state index in [0.29, 0.717) is 5.75 Å². The molecule has 0 radical (unpaired) electrons. The lowest BCUT2D eigenvalue weighted by molar-refractivity contribution is -0.238. The lowest BCUT2D eigenvalue weighted by Crippen LogP contribution is -2.52. The second-order valence-corrected chi connectivity index (χ2v) is 5.20. The molecule has 1 heterocycles. The van der Waals surface area contributed by atoms with E-state index in [1.54, 1.807) is 6.07 Å². The van der Waals surface area contributed by atoms with Crippen LogP contribution in [0, 0.1) is 6.92 Å². The van der Waals surface area contributed by atoms with E-state index < -0.39 is 30.6 Å². The number of benzene rings is 1. The van der Waals surface area contributed by atoms with Crippen molar-refractivity contribution in [3.8, 4) is 5.75 Å². The van der Waals surface area contributed by atoms with Gasteiger partial charge in [0, 0.05) is 6.42 Å². The molecule has 2 rings (SSSR count). The number of carboxylic acid groups (broad SMARTS) is 1. The minimum absolute atomic E-state index is 0.163. The summed E-state index contributed by atoms with van der Waals surface area (Å²) in [6.45, 7) is 3.89. The van der Waals surface area contributed by atoms with E-state index in [2.05, 4.69) is 0 Å². The maximum Gasteiger partial charge on any atom is 0.333 e. The molecule has 6 heteroatoms. The zero-order chi connectivity index (χ0) is 15.6. The van der Waals surface area contributed by atoms with Crippen LogP contribution < -0.4 is 4.74 Å². The van der Waals surface area contributed by atoms with Gasteiger partial charge in [-0.2, -0.15) is 0 Å². The molecule has 4 atom stereocenters. The zero-order valence-electron chi connectivity index (χ0n) is 12.0. The third-order valence-corrected chi connectivity index (χ3v) is 3.59. The Morgan fingerprint density at radius 2 is 2.14 bits per heavy atom. The number of aliphatic hydroxyl groups excluding tert-OH is 2. The van der Waals surface area contributed by atoms with E-state index in [1.165, 1.54) is 0 Å². The van der Waals surface area contributed by atoms with Gasteiger partial charge in [0.2, 0.25) is 6.29 Å². The molecule has 0 aromatic heterocycles. The number of aryl methyl sites for hydroxylation is 2. The van der Waals surface area contributed by atoms with E-state index >= 15 is 0 Å². The number of aliphatic carboxylic acids is 1. The fourth-order valence-electron chi connectivity index (χ4n) is 2.28. The van der Waals surface area contributed by atoms with Crippen LogP contribution in [0.2, 0.25) is 0 Å². The van der Waals surface area contributed by atoms with E-state index in [1.807, 2.05) is 26.0 Å². The van der Waals surface area contributed by atoms with Crippen LogP contribution in [0.5, 0.6) is 5.75 Å². The highest BCUT2D eigenvalue weighted by Crippen LogP contribution is 2.26. The Kier molecular flexibility index (Phi) is 4.82. The Morgan fingerprint density at radius 1 is 1.43 bits per heavy atom. The molecule has 1 aliphatic rings. The second-order valence-electron chi connectivity index (χ2n) is 5.20. The summed E-state index contributed by atoms with van der Waals surface area (Å²) in [7, 11) is 0. The van der Waals surface area contributed by atoms with E-state index in [4.69, 9.17) is 14.6 Å². The minimum atomic E-state index is -1.29. The summed E-state index contributed by atoms with van der Waals surface area (Å²) < 4.78 is 10.8. The molecular formula is C15H20O6. The summed E-state index contributed by atoms with van der Waals surface area (Å²) in [6, 6.07) is 5.60. The Hall–Kier alpha value is -1.63. The predicted molar refractivity (Wildman–Crippen MR) is 74.1 cm³/mol. The fourth-order valence-corrected chi connectivity index (χ4v) is 2.28. The Balaban J connectivity index is 2.14. The summed E-state index contributed by atoms with van der Waals surface area (Å²) >= 11 is 0. The lowest BCUT2D eigenvalue weighted by Gasteiger charge is -2.35. The van der Waals surface area contributed by atoms with Crippen LogP contribution >= 0.6 is 0 Å². The minimum Gasteiger partial charge on any atom is -0.479 e. The molecule has 0 amide bonds. The van der Waals surface area contributed by atoms with Gasteiger partial charge in [0.25, 0.3) is 0 Å². The first-order valence-corrected chi connectivity index (χ1v) is 6.93. The topological polar surface area (TPSA) is 96.2 Å². The van der Waals surface area contributed by atoms with Crippen LogP contribution in [0.25, 0.3) is 0 Å². The maximum absolute atomic E-state index is 11.0. The molecule has 3 N–H and O–H groups in total. The zero-order valence-corrected chi connectivity index (χ0v) is 12.0. The van der Waals surface area contributed by atoms with Gasteiger partial charge >= 0.3 is 5.97 Å². The highest BCUT2D eigenvalue weighted by Gasteiger charge is 2.41. The first kappa shape index (κ1) is 15.8. The SMILES string of the molecule is CCc1ccc(OC2OC(C(=O)O)CC(O)[C@H]2O)c(C)c1. The summed E-state index contributed by atoms with van der Waals surface area (Å²) in [5.74, 6) is -0.693. The molecule has 1 aliphatic heterocycles. The summed E-state index contributed by atoms with van der Waals surface area (Å²) in [6.07, 6.45) is -4.15. The van der Waals surface area contributed by atoms with Gasteiger partial charge in [-0.1, -0.05) is 19.1 Å². The van der Waals surface area contributed by atoms with E-state index in [-0.39, 0.29) is 6.42 Å². The van der Waals surface area contributed by atoms with Gasteiger partial charge in [0.15, 0.2) is 6.10 Å². The first-order valence-electron chi connectivity index (χ1n) is 6.93. The van der Waals surface area contributed by atoms with Gasteiger partial charge in [-0.15, -0.1) is 0 Å². The van der Waals surface area contributed by atoms with Crippen molar-refractivity contribution in [3.05, 3.63) is 29.3 Å². The van der Waals surface area contributed by atoms with Crippen molar-refractivity contribution in [3.63, 3.8) is 0 Å². The number of aliphatic hydroxyl groups is 2. The van der Waals surface area contributed by atoms with E-state index in [9.17, 15) is 15.0 Å². The van der Waals surface area contributed by atoms with Crippen LogP contribution in [0.1, 0.15) is 24.5 Å². The molecule has 0 bridgehead atoms. The molecule has 21 heavy (non-hydrogen) atoms. The molecule has 1 aromatic carbocycles. The van der Waals surface area contributed by atoms with Crippen molar-refractivity contribution in [1.29, 1.82) is 0 Å². The molecule has 1 fully saturated rings. The average molecular weight is 296 g/mol. The lowest BCUT2D eigenvalue weighted by atomic mass is 10.0. The Morgan fingerprint density at radius 3 is 2.71 bits per heavy atom. The molecule has 116 valence electrons. The standard InChI is InChI=1S/C15H20O6/c1-3-9-4-5-11(8(2)6-9)20-15-13(17)10(16)7-12(21-15)14(18)19/h4-6,10,12-13,15-17H,3,7H2,1-2H3,(H,18,19)/t10?,12?,13-,15?/m1/s1. The highest BCUT2D eigenvalue weighted by molar-refractivity contribution is 5.72. The van der Waals surface area contributed by atoms with Gasteiger partial charge < -0.3 is 24.8 Å². The number of carbonyl (C=O) groups is 1. The van der Waals surface area contributed by atoms with Gasteiger partial charge in [0.05, 0.1) is 6.10 Å². The van der Waals surface area contributed by atoms with Crippen molar-refractivity contribution in [2.75, 3.05) is 0 Å². The molecule has 6 nitrogen and oxygen atoms in total. The van der Waals surface area contributed by atoms with Crippen molar-refractivity contribution in [1.82, 2.24) is 0 Å². The number of ether oxygens (including phenoxy) is 2.